The minimum absolute atomic E-state index is 0.173. The van der Waals surface area contributed by atoms with Gasteiger partial charge >= 0.3 is 12.0 Å². The number of carbonyl (C=O) groups excluding carboxylic acids is 2. The van der Waals surface area contributed by atoms with Crippen molar-refractivity contribution in [2.24, 2.45) is 0 Å². The second-order valence-electron chi connectivity index (χ2n) is 9.22. The van der Waals surface area contributed by atoms with E-state index in [0.29, 0.717) is 59.5 Å². The molecule has 0 bridgehead atoms. The number of ether oxygens (including phenoxy) is 1. The van der Waals surface area contributed by atoms with Crippen LogP contribution >= 0.6 is 23.2 Å². The molecule has 0 spiro atoms. The predicted octanol–water partition coefficient (Wildman–Crippen LogP) is 4.29. The fourth-order valence-electron chi connectivity index (χ4n) is 4.91. The Balaban J connectivity index is 1.65. The molecular formula is C27H32Cl2N4O5S. The van der Waals surface area contributed by atoms with Crippen LogP contribution in [0.2, 0.25) is 10.0 Å². The molecule has 210 valence electrons. The Kier molecular flexibility index (Phi) is 9.56. The van der Waals surface area contributed by atoms with Crippen LogP contribution in [0.25, 0.3) is 0 Å². The van der Waals surface area contributed by atoms with Gasteiger partial charge in [0.05, 0.1) is 23.1 Å². The van der Waals surface area contributed by atoms with Crippen molar-refractivity contribution < 1.29 is 22.7 Å². The van der Waals surface area contributed by atoms with Crippen LogP contribution in [0.5, 0.6) is 0 Å². The van der Waals surface area contributed by atoms with Gasteiger partial charge in [0.1, 0.15) is 0 Å². The summed E-state index contributed by atoms with van der Waals surface area (Å²) in [6, 6.07) is 12.1. The highest BCUT2D eigenvalue weighted by atomic mass is 35.5. The number of nitrogens with zero attached hydrogens (tertiary/aromatic N) is 3. The lowest BCUT2D eigenvalue weighted by atomic mass is 9.94. The molecule has 1 N–H and O–H groups in total. The molecule has 1 atom stereocenters. The van der Waals surface area contributed by atoms with Crippen molar-refractivity contribution in [3.63, 3.8) is 0 Å². The SMILES string of the molecule is CCOC(=O)C1=C(CN2CCCN(S(=O)(=O)c3ccc(Cl)cc3)CC2)N(CC)C(=O)NC1c1ccccc1Cl. The molecule has 2 aliphatic rings. The van der Waals surface area contributed by atoms with E-state index in [0.717, 1.165) is 0 Å². The van der Waals surface area contributed by atoms with E-state index in [1.807, 2.05) is 6.92 Å². The van der Waals surface area contributed by atoms with Crippen molar-refractivity contribution in [2.45, 2.75) is 31.2 Å². The van der Waals surface area contributed by atoms with Gasteiger partial charge in [0.2, 0.25) is 10.0 Å². The molecule has 2 amide bonds. The van der Waals surface area contributed by atoms with Crippen LogP contribution in [0.1, 0.15) is 31.9 Å². The summed E-state index contributed by atoms with van der Waals surface area (Å²) in [4.78, 5) is 30.3. The van der Waals surface area contributed by atoms with Gasteiger partial charge < -0.3 is 10.1 Å². The summed E-state index contributed by atoms with van der Waals surface area (Å²) < 4.78 is 33.4. The first-order valence-corrected chi connectivity index (χ1v) is 15.1. The van der Waals surface area contributed by atoms with E-state index in [9.17, 15) is 18.0 Å². The second-order valence-corrected chi connectivity index (χ2v) is 12.0. The Morgan fingerprint density at radius 2 is 1.74 bits per heavy atom. The Labute approximate surface area is 239 Å². The van der Waals surface area contributed by atoms with Gasteiger partial charge in [0.15, 0.2) is 0 Å². The van der Waals surface area contributed by atoms with Crippen molar-refractivity contribution in [3.8, 4) is 0 Å². The maximum absolute atomic E-state index is 13.3. The first kappa shape index (κ1) is 29.4. The number of esters is 1. The standard InChI is InChI=1S/C27H32Cl2N4O5S/c1-3-33-23(24(26(34)38-4-2)25(30-27(33)35)21-8-5-6-9-22(21)29)18-31-14-7-15-32(17-16-31)39(36,37)20-12-10-19(28)11-13-20/h5-6,8-13,25H,3-4,7,14-18H2,1-2H3,(H,30,35). The van der Waals surface area contributed by atoms with E-state index in [2.05, 4.69) is 10.2 Å². The van der Waals surface area contributed by atoms with Crippen molar-refractivity contribution in [2.75, 3.05) is 45.9 Å². The Morgan fingerprint density at radius 3 is 2.41 bits per heavy atom. The molecule has 12 heteroatoms. The number of halogens is 2. The maximum atomic E-state index is 13.3. The third-order valence-electron chi connectivity index (χ3n) is 6.84. The zero-order chi connectivity index (χ0) is 28.2. The Hall–Kier alpha value is -2.63. The molecule has 1 fully saturated rings. The maximum Gasteiger partial charge on any atom is 0.338 e. The van der Waals surface area contributed by atoms with E-state index in [-0.39, 0.29) is 30.6 Å². The van der Waals surface area contributed by atoms with Crippen LogP contribution in [0.4, 0.5) is 4.79 Å². The molecule has 1 saturated heterocycles. The number of amides is 2. The summed E-state index contributed by atoms with van der Waals surface area (Å²) in [5.41, 5.74) is 1.44. The number of carbonyl (C=O) groups is 2. The third kappa shape index (κ3) is 6.41. The zero-order valence-electron chi connectivity index (χ0n) is 21.9. The number of likely N-dealkylation sites (N-methyl/N-ethyl adjacent to an activating group) is 1. The van der Waals surface area contributed by atoms with E-state index >= 15 is 0 Å². The number of rotatable bonds is 8. The predicted molar refractivity (Wildman–Crippen MR) is 150 cm³/mol. The van der Waals surface area contributed by atoms with Gasteiger partial charge in [-0.05, 0) is 62.7 Å². The Morgan fingerprint density at radius 1 is 1.03 bits per heavy atom. The first-order chi connectivity index (χ1) is 18.7. The van der Waals surface area contributed by atoms with Gasteiger partial charge in [0, 0.05) is 48.5 Å². The van der Waals surface area contributed by atoms with Gasteiger partial charge in [-0.2, -0.15) is 4.31 Å². The lowest BCUT2D eigenvalue weighted by Crippen LogP contribution is -2.51. The molecule has 0 saturated carbocycles. The fraction of sp³-hybridized carbons (Fsp3) is 0.407. The summed E-state index contributed by atoms with van der Waals surface area (Å²) in [5.74, 6) is -0.530. The highest BCUT2D eigenvalue weighted by molar-refractivity contribution is 7.89. The lowest BCUT2D eigenvalue weighted by molar-refractivity contribution is -0.139. The molecule has 2 heterocycles. The van der Waals surface area contributed by atoms with Crippen LogP contribution in [0.3, 0.4) is 0 Å². The summed E-state index contributed by atoms with van der Waals surface area (Å²) in [7, 11) is -3.69. The molecule has 1 unspecified atom stereocenters. The quantitative estimate of drug-likeness (QED) is 0.458. The topological polar surface area (TPSA) is 99.3 Å². The van der Waals surface area contributed by atoms with Crippen LogP contribution < -0.4 is 5.32 Å². The van der Waals surface area contributed by atoms with Crippen molar-refractivity contribution >= 4 is 45.2 Å². The molecule has 0 aliphatic carbocycles. The molecule has 2 aromatic rings. The number of urea groups is 1. The monoisotopic (exact) mass is 594 g/mol. The summed E-state index contributed by atoms with van der Waals surface area (Å²) in [6.45, 7) is 5.96. The number of sulfonamides is 1. The van der Waals surface area contributed by atoms with E-state index < -0.39 is 22.0 Å². The molecule has 39 heavy (non-hydrogen) atoms. The van der Waals surface area contributed by atoms with Gasteiger partial charge in [0.25, 0.3) is 0 Å². The van der Waals surface area contributed by atoms with Gasteiger partial charge in [-0.1, -0.05) is 41.4 Å². The van der Waals surface area contributed by atoms with Crippen LogP contribution in [0.15, 0.2) is 64.7 Å². The second kappa shape index (κ2) is 12.7. The summed E-state index contributed by atoms with van der Waals surface area (Å²) >= 11 is 12.4. The molecule has 2 aliphatic heterocycles. The van der Waals surface area contributed by atoms with Crippen molar-refractivity contribution in [3.05, 3.63) is 75.4 Å². The van der Waals surface area contributed by atoms with E-state index in [1.54, 1.807) is 43.3 Å². The van der Waals surface area contributed by atoms with Gasteiger partial charge in [-0.25, -0.2) is 18.0 Å². The minimum atomic E-state index is -3.69. The minimum Gasteiger partial charge on any atom is -0.463 e. The van der Waals surface area contributed by atoms with Gasteiger partial charge in [-0.15, -0.1) is 0 Å². The van der Waals surface area contributed by atoms with Crippen LogP contribution in [-0.2, 0) is 19.6 Å². The molecule has 2 aromatic carbocycles. The largest absolute Gasteiger partial charge is 0.463 e. The van der Waals surface area contributed by atoms with Crippen molar-refractivity contribution in [1.29, 1.82) is 0 Å². The molecule has 9 nitrogen and oxygen atoms in total. The smallest absolute Gasteiger partial charge is 0.338 e. The highest BCUT2D eigenvalue weighted by Crippen LogP contribution is 2.35. The lowest BCUT2D eigenvalue weighted by Gasteiger charge is -2.38. The zero-order valence-corrected chi connectivity index (χ0v) is 24.2. The first-order valence-electron chi connectivity index (χ1n) is 12.9. The number of benzene rings is 2. The Bertz CT molecular complexity index is 1350. The summed E-state index contributed by atoms with van der Waals surface area (Å²) in [5, 5.41) is 3.81. The van der Waals surface area contributed by atoms with Crippen molar-refractivity contribution in [1.82, 2.24) is 19.4 Å². The average molecular weight is 596 g/mol. The fourth-order valence-corrected chi connectivity index (χ4v) is 6.75. The molecule has 4 rings (SSSR count). The highest BCUT2D eigenvalue weighted by Gasteiger charge is 2.39. The van der Waals surface area contributed by atoms with Gasteiger partial charge in [-0.3, -0.25) is 9.80 Å². The van der Waals surface area contributed by atoms with Crippen LogP contribution in [0, 0.1) is 0 Å². The molecule has 0 radical (unpaired) electrons. The average Bonchev–Trinajstić information content (AvgIpc) is 3.15. The summed E-state index contributed by atoms with van der Waals surface area (Å²) in [6.07, 6.45) is 0.584. The normalized spacial score (nSPS) is 19.5. The number of hydrogen-bond donors (Lipinski definition) is 1. The van der Waals surface area contributed by atoms with E-state index in [4.69, 9.17) is 27.9 Å². The number of nitrogens with one attached hydrogen (secondary N) is 1. The van der Waals surface area contributed by atoms with Crippen LogP contribution in [-0.4, -0.2) is 80.4 Å². The molecule has 0 aromatic heterocycles. The third-order valence-corrected chi connectivity index (χ3v) is 9.35. The molecular weight excluding hydrogens is 563 g/mol. The van der Waals surface area contributed by atoms with E-state index in [1.165, 1.54) is 21.3 Å². The number of hydrogen-bond acceptors (Lipinski definition) is 6.